The van der Waals surface area contributed by atoms with E-state index in [9.17, 15) is 13.2 Å². The highest BCUT2D eigenvalue weighted by Gasteiger charge is 2.31. The molecular formula is C11H18BrF3O2. The molecular weight excluding hydrogens is 301 g/mol. The maximum absolute atomic E-state index is 11.8. The zero-order valence-electron chi connectivity index (χ0n) is 9.69. The third kappa shape index (κ3) is 6.06. The standard InChI is InChI=1S/C11H18BrF3O2/c12-8-10(3-6-16-7-4-10)2-1-5-17-9-11(13,14)15/h1-9H2. The van der Waals surface area contributed by atoms with Crippen LogP contribution in [0.3, 0.4) is 0 Å². The van der Waals surface area contributed by atoms with Crippen LogP contribution in [0.2, 0.25) is 0 Å². The lowest BCUT2D eigenvalue weighted by molar-refractivity contribution is -0.174. The van der Waals surface area contributed by atoms with Gasteiger partial charge in [0.25, 0.3) is 0 Å². The summed E-state index contributed by atoms with van der Waals surface area (Å²) in [6.07, 6.45) is -0.720. The molecule has 1 heterocycles. The Bertz CT molecular complexity index is 215. The van der Waals surface area contributed by atoms with E-state index in [-0.39, 0.29) is 12.0 Å². The molecule has 0 radical (unpaired) electrons. The van der Waals surface area contributed by atoms with Crippen LogP contribution in [0.15, 0.2) is 0 Å². The minimum Gasteiger partial charge on any atom is -0.381 e. The number of alkyl halides is 4. The van der Waals surface area contributed by atoms with Crippen molar-refractivity contribution in [2.75, 3.05) is 31.8 Å². The van der Waals surface area contributed by atoms with Crippen molar-refractivity contribution in [2.45, 2.75) is 31.9 Å². The lowest BCUT2D eigenvalue weighted by atomic mass is 9.78. The summed E-state index contributed by atoms with van der Waals surface area (Å²) in [4.78, 5) is 0. The van der Waals surface area contributed by atoms with E-state index in [0.29, 0.717) is 6.42 Å². The largest absolute Gasteiger partial charge is 0.411 e. The van der Waals surface area contributed by atoms with Crippen LogP contribution in [0.5, 0.6) is 0 Å². The monoisotopic (exact) mass is 318 g/mol. The van der Waals surface area contributed by atoms with E-state index in [1.165, 1.54) is 0 Å². The highest BCUT2D eigenvalue weighted by Crippen LogP contribution is 2.37. The number of hydrogen-bond donors (Lipinski definition) is 0. The van der Waals surface area contributed by atoms with Crippen molar-refractivity contribution in [1.82, 2.24) is 0 Å². The zero-order valence-corrected chi connectivity index (χ0v) is 11.3. The molecule has 6 heteroatoms. The minimum absolute atomic E-state index is 0.176. The third-order valence-electron chi connectivity index (χ3n) is 3.10. The van der Waals surface area contributed by atoms with E-state index >= 15 is 0 Å². The van der Waals surface area contributed by atoms with Gasteiger partial charge in [-0.05, 0) is 31.1 Å². The SMILES string of the molecule is FC(F)(F)COCCCC1(CBr)CCOCC1. The summed E-state index contributed by atoms with van der Waals surface area (Å²) in [6.45, 7) is 0.524. The van der Waals surface area contributed by atoms with Crippen LogP contribution < -0.4 is 0 Å². The van der Waals surface area contributed by atoms with Gasteiger partial charge in [0.15, 0.2) is 0 Å². The average molecular weight is 319 g/mol. The van der Waals surface area contributed by atoms with E-state index in [1.54, 1.807) is 0 Å². The Morgan fingerprint density at radius 1 is 1.24 bits per heavy atom. The van der Waals surface area contributed by atoms with Crippen LogP contribution in [-0.2, 0) is 9.47 Å². The molecule has 102 valence electrons. The molecule has 0 bridgehead atoms. The summed E-state index contributed by atoms with van der Waals surface area (Å²) < 4.78 is 45.4. The van der Waals surface area contributed by atoms with Gasteiger partial charge in [0.1, 0.15) is 6.61 Å². The summed E-state index contributed by atoms with van der Waals surface area (Å²) in [6, 6.07) is 0. The van der Waals surface area contributed by atoms with Crippen molar-refractivity contribution in [1.29, 1.82) is 0 Å². The maximum Gasteiger partial charge on any atom is 0.411 e. The summed E-state index contributed by atoms with van der Waals surface area (Å²) in [5, 5.41) is 0.878. The fourth-order valence-electron chi connectivity index (χ4n) is 1.99. The van der Waals surface area contributed by atoms with Gasteiger partial charge < -0.3 is 9.47 Å². The van der Waals surface area contributed by atoms with Crippen LogP contribution in [0.4, 0.5) is 13.2 Å². The summed E-state index contributed by atoms with van der Waals surface area (Å²) in [5.41, 5.74) is 0.180. The van der Waals surface area contributed by atoms with Crippen molar-refractivity contribution in [3.05, 3.63) is 0 Å². The number of rotatable bonds is 6. The molecule has 0 amide bonds. The molecule has 0 aliphatic carbocycles. The minimum atomic E-state index is -4.22. The molecule has 17 heavy (non-hydrogen) atoms. The van der Waals surface area contributed by atoms with E-state index in [1.807, 2.05) is 0 Å². The zero-order chi connectivity index (χ0) is 12.8. The third-order valence-corrected chi connectivity index (χ3v) is 4.29. The quantitative estimate of drug-likeness (QED) is 0.551. The van der Waals surface area contributed by atoms with Crippen LogP contribution >= 0.6 is 15.9 Å². The molecule has 1 rings (SSSR count). The number of ether oxygens (including phenoxy) is 2. The molecule has 0 atom stereocenters. The van der Waals surface area contributed by atoms with E-state index in [4.69, 9.17) is 4.74 Å². The molecule has 1 saturated heterocycles. The maximum atomic E-state index is 11.8. The second-order valence-electron chi connectivity index (χ2n) is 4.52. The van der Waals surface area contributed by atoms with E-state index < -0.39 is 12.8 Å². The molecule has 0 aromatic heterocycles. The van der Waals surface area contributed by atoms with Gasteiger partial charge in [-0.2, -0.15) is 13.2 Å². The first-order valence-corrected chi connectivity index (χ1v) is 6.88. The Balaban J connectivity index is 2.15. The van der Waals surface area contributed by atoms with Crippen molar-refractivity contribution in [2.24, 2.45) is 5.41 Å². The van der Waals surface area contributed by atoms with Gasteiger partial charge >= 0.3 is 6.18 Å². The molecule has 0 saturated carbocycles. The Morgan fingerprint density at radius 3 is 2.41 bits per heavy atom. The normalized spacial score (nSPS) is 20.5. The van der Waals surface area contributed by atoms with Crippen LogP contribution in [0.1, 0.15) is 25.7 Å². The van der Waals surface area contributed by atoms with Gasteiger partial charge in [-0.25, -0.2) is 0 Å². The van der Waals surface area contributed by atoms with Crippen molar-refractivity contribution in [3.8, 4) is 0 Å². The van der Waals surface area contributed by atoms with Gasteiger partial charge in [-0.3, -0.25) is 0 Å². The first-order valence-electron chi connectivity index (χ1n) is 5.76. The second-order valence-corrected chi connectivity index (χ2v) is 5.08. The van der Waals surface area contributed by atoms with Crippen LogP contribution in [-0.4, -0.2) is 37.9 Å². The molecule has 1 aliphatic heterocycles. The summed E-state index contributed by atoms with van der Waals surface area (Å²) >= 11 is 3.49. The predicted molar refractivity (Wildman–Crippen MR) is 62.4 cm³/mol. The van der Waals surface area contributed by atoms with E-state index in [0.717, 1.165) is 37.8 Å². The first kappa shape index (κ1) is 15.2. The molecule has 1 fully saturated rings. The lowest BCUT2D eigenvalue weighted by Crippen LogP contribution is -2.31. The van der Waals surface area contributed by atoms with Gasteiger partial charge in [0.2, 0.25) is 0 Å². The molecule has 1 aliphatic rings. The van der Waals surface area contributed by atoms with Gasteiger partial charge in [-0.1, -0.05) is 15.9 Å². The lowest BCUT2D eigenvalue weighted by Gasteiger charge is -2.35. The molecule has 0 N–H and O–H groups in total. The van der Waals surface area contributed by atoms with Gasteiger partial charge in [0, 0.05) is 25.2 Å². The number of hydrogen-bond acceptors (Lipinski definition) is 2. The van der Waals surface area contributed by atoms with Crippen molar-refractivity contribution in [3.63, 3.8) is 0 Å². The molecule has 0 unspecified atom stereocenters. The Kier molecular flexibility index (Phi) is 6.23. The van der Waals surface area contributed by atoms with Gasteiger partial charge in [-0.15, -0.1) is 0 Å². The van der Waals surface area contributed by atoms with Crippen LogP contribution in [0.25, 0.3) is 0 Å². The van der Waals surface area contributed by atoms with Gasteiger partial charge in [0.05, 0.1) is 0 Å². The Morgan fingerprint density at radius 2 is 1.88 bits per heavy atom. The molecule has 0 aromatic rings. The van der Waals surface area contributed by atoms with Crippen molar-refractivity contribution >= 4 is 15.9 Å². The second kappa shape index (κ2) is 6.95. The smallest absolute Gasteiger partial charge is 0.381 e. The number of halogens is 4. The Hall–Kier alpha value is 0.190. The fraction of sp³-hybridized carbons (Fsp3) is 1.00. The topological polar surface area (TPSA) is 18.5 Å². The van der Waals surface area contributed by atoms with Crippen LogP contribution in [0, 0.1) is 5.41 Å². The summed E-state index contributed by atoms with van der Waals surface area (Å²) in [7, 11) is 0. The predicted octanol–water partition coefficient (Wildman–Crippen LogP) is 3.54. The van der Waals surface area contributed by atoms with E-state index in [2.05, 4.69) is 20.7 Å². The fourth-order valence-corrected chi connectivity index (χ4v) is 2.83. The highest BCUT2D eigenvalue weighted by atomic mass is 79.9. The molecule has 0 aromatic carbocycles. The average Bonchev–Trinajstić information content (AvgIpc) is 2.28. The Labute approximate surface area is 108 Å². The first-order chi connectivity index (χ1) is 7.97. The summed E-state index contributed by atoms with van der Waals surface area (Å²) in [5.74, 6) is 0. The van der Waals surface area contributed by atoms with Crippen molar-refractivity contribution < 1.29 is 22.6 Å². The highest BCUT2D eigenvalue weighted by molar-refractivity contribution is 9.09. The molecule has 2 nitrogen and oxygen atoms in total. The molecule has 0 spiro atoms.